The smallest absolute Gasteiger partial charge is 0.247 e. The highest BCUT2D eigenvalue weighted by Gasteiger charge is 2.22. The van der Waals surface area contributed by atoms with E-state index in [0.717, 1.165) is 36.8 Å². The Morgan fingerprint density at radius 2 is 1.94 bits per heavy atom. The molecular weight excluding hydrogens is 408 g/mol. The zero-order valence-electron chi connectivity index (χ0n) is 18.2. The van der Waals surface area contributed by atoms with Crippen molar-refractivity contribution in [1.29, 1.82) is 0 Å². The Labute approximate surface area is 186 Å². The second-order valence-electron chi connectivity index (χ2n) is 8.24. The Hall–Kier alpha value is -3.49. The number of benzene rings is 1. The summed E-state index contributed by atoms with van der Waals surface area (Å²) in [5.74, 6) is 0.609. The van der Waals surface area contributed by atoms with Crippen molar-refractivity contribution >= 4 is 11.8 Å². The molecule has 168 valence electrons. The number of nitrogens with one attached hydrogen (secondary N) is 1. The summed E-state index contributed by atoms with van der Waals surface area (Å²) in [5.41, 5.74) is 1.96. The minimum Gasteiger partial charge on any atom is -0.467 e. The fraction of sp³-hybridized carbons (Fsp3) is 0.435. The highest BCUT2D eigenvalue weighted by molar-refractivity contribution is 5.84. The van der Waals surface area contributed by atoms with Crippen LogP contribution in [0.3, 0.4) is 0 Å². The van der Waals surface area contributed by atoms with E-state index in [4.69, 9.17) is 4.42 Å². The molecule has 3 aromatic rings. The fourth-order valence-corrected chi connectivity index (χ4v) is 3.87. The van der Waals surface area contributed by atoms with Crippen molar-refractivity contribution in [1.82, 2.24) is 30.4 Å². The summed E-state index contributed by atoms with van der Waals surface area (Å²) >= 11 is 0. The van der Waals surface area contributed by atoms with E-state index in [9.17, 15) is 9.59 Å². The molecule has 2 amide bonds. The largest absolute Gasteiger partial charge is 0.467 e. The van der Waals surface area contributed by atoms with Gasteiger partial charge in [-0.1, -0.05) is 49.1 Å². The highest BCUT2D eigenvalue weighted by atomic mass is 16.3. The van der Waals surface area contributed by atoms with Crippen LogP contribution in [0.25, 0.3) is 11.4 Å². The van der Waals surface area contributed by atoms with E-state index in [-0.39, 0.29) is 37.5 Å². The number of carbonyl (C=O) groups is 2. The molecule has 1 N–H and O–H groups in total. The summed E-state index contributed by atoms with van der Waals surface area (Å²) in [6.45, 7) is 2.04. The van der Waals surface area contributed by atoms with Crippen LogP contribution in [0.2, 0.25) is 0 Å². The average Bonchev–Trinajstić information content (AvgIpc) is 3.47. The molecule has 2 heterocycles. The third-order valence-corrected chi connectivity index (χ3v) is 5.62. The van der Waals surface area contributed by atoms with Crippen molar-refractivity contribution < 1.29 is 14.0 Å². The van der Waals surface area contributed by atoms with Gasteiger partial charge in [-0.25, -0.2) is 0 Å². The first-order valence-electron chi connectivity index (χ1n) is 11.0. The number of rotatable bonds is 8. The maximum absolute atomic E-state index is 13.0. The zero-order valence-corrected chi connectivity index (χ0v) is 18.2. The number of carbonyl (C=O) groups excluding carboxylic acids is 2. The summed E-state index contributed by atoms with van der Waals surface area (Å²) in [7, 11) is 0. The number of amides is 2. The third kappa shape index (κ3) is 5.81. The van der Waals surface area contributed by atoms with Crippen molar-refractivity contribution in [3.05, 3.63) is 54.0 Å². The number of hydrogen-bond acceptors (Lipinski definition) is 6. The standard InChI is InChI=1S/C23H28N6O3/c1-17-9-11-18(12-10-17)23-25-27-29(26-23)16-22(31)28(14-20-8-5-13-32-20)15-21(30)24-19-6-3-2-4-7-19/h5,8-13,19H,2-4,6-7,14-16H2,1H3,(H,24,30). The van der Waals surface area contributed by atoms with Gasteiger partial charge in [0.1, 0.15) is 18.8 Å². The summed E-state index contributed by atoms with van der Waals surface area (Å²) in [5, 5.41) is 15.5. The predicted octanol–water partition coefficient (Wildman–Crippen LogP) is 2.72. The molecule has 9 heteroatoms. The minimum absolute atomic E-state index is 0.0461. The Balaban J connectivity index is 1.41. The lowest BCUT2D eigenvalue weighted by Gasteiger charge is -2.25. The van der Waals surface area contributed by atoms with Crippen molar-refractivity contribution in [3.8, 4) is 11.4 Å². The molecule has 0 aliphatic heterocycles. The van der Waals surface area contributed by atoms with Crippen LogP contribution in [-0.2, 0) is 22.7 Å². The molecule has 1 fully saturated rings. The topological polar surface area (TPSA) is 106 Å². The van der Waals surface area contributed by atoms with Crippen LogP contribution >= 0.6 is 0 Å². The number of nitrogens with zero attached hydrogens (tertiary/aromatic N) is 5. The minimum atomic E-state index is -0.284. The maximum Gasteiger partial charge on any atom is 0.247 e. The Kier molecular flexibility index (Phi) is 6.94. The van der Waals surface area contributed by atoms with Gasteiger partial charge in [-0.3, -0.25) is 9.59 Å². The monoisotopic (exact) mass is 436 g/mol. The molecule has 2 aromatic heterocycles. The van der Waals surface area contributed by atoms with Crippen molar-refractivity contribution in [2.75, 3.05) is 6.54 Å². The van der Waals surface area contributed by atoms with Crippen molar-refractivity contribution in [2.24, 2.45) is 0 Å². The van der Waals surface area contributed by atoms with Gasteiger partial charge in [0.25, 0.3) is 0 Å². The number of furan rings is 1. The van der Waals surface area contributed by atoms with Gasteiger partial charge in [-0.05, 0) is 37.1 Å². The molecule has 9 nitrogen and oxygen atoms in total. The first kappa shape index (κ1) is 21.7. The van der Waals surface area contributed by atoms with Crippen LogP contribution in [0.5, 0.6) is 0 Å². The SMILES string of the molecule is Cc1ccc(-c2nnn(CC(=O)N(CC(=O)NC3CCCCC3)Cc3ccco3)n2)cc1. The second kappa shape index (κ2) is 10.2. The fourth-order valence-electron chi connectivity index (χ4n) is 3.87. The summed E-state index contributed by atoms with van der Waals surface area (Å²) in [4.78, 5) is 28.4. The van der Waals surface area contributed by atoms with Crippen molar-refractivity contribution in [3.63, 3.8) is 0 Å². The molecule has 1 saturated carbocycles. The number of tetrazole rings is 1. The number of aromatic nitrogens is 4. The molecule has 0 saturated heterocycles. The van der Waals surface area contributed by atoms with Crippen LogP contribution in [-0.4, -0.2) is 49.5 Å². The predicted molar refractivity (Wildman–Crippen MR) is 117 cm³/mol. The molecule has 32 heavy (non-hydrogen) atoms. The van der Waals surface area contributed by atoms with E-state index < -0.39 is 0 Å². The van der Waals surface area contributed by atoms with Gasteiger partial charge in [0, 0.05) is 11.6 Å². The summed E-state index contributed by atoms with van der Waals surface area (Å²) < 4.78 is 5.39. The second-order valence-corrected chi connectivity index (χ2v) is 8.24. The van der Waals surface area contributed by atoms with E-state index >= 15 is 0 Å². The molecule has 4 rings (SSSR count). The average molecular weight is 437 g/mol. The maximum atomic E-state index is 13.0. The van der Waals surface area contributed by atoms with E-state index in [2.05, 4.69) is 20.7 Å². The molecule has 1 aromatic carbocycles. The Morgan fingerprint density at radius 1 is 1.16 bits per heavy atom. The van der Waals surface area contributed by atoms with Crippen LogP contribution in [0, 0.1) is 6.92 Å². The molecule has 1 aliphatic rings. The van der Waals surface area contributed by atoms with Gasteiger partial charge in [-0.15, -0.1) is 10.2 Å². The molecule has 0 unspecified atom stereocenters. The lowest BCUT2D eigenvalue weighted by molar-refractivity contribution is -0.138. The Bertz CT molecular complexity index is 1020. The van der Waals surface area contributed by atoms with Crippen LogP contribution in [0.4, 0.5) is 0 Å². The molecule has 0 atom stereocenters. The molecule has 0 radical (unpaired) electrons. The number of hydrogen-bond donors (Lipinski definition) is 1. The lowest BCUT2D eigenvalue weighted by atomic mass is 9.95. The molecule has 0 bridgehead atoms. The third-order valence-electron chi connectivity index (χ3n) is 5.62. The van der Waals surface area contributed by atoms with Gasteiger partial charge in [0.15, 0.2) is 0 Å². The van der Waals surface area contributed by atoms with Gasteiger partial charge in [0.05, 0.1) is 12.8 Å². The first-order valence-corrected chi connectivity index (χ1v) is 11.0. The van der Waals surface area contributed by atoms with Gasteiger partial charge in [-0.2, -0.15) is 4.80 Å². The van der Waals surface area contributed by atoms with E-state index in [0.29, 0.717) is 11.6 Å². The Morgan fingerprint density at radius 3 is 2.66 bits per heavy atom. The summed E-state index contributed by atoms with van der Waals surface area (Å²) in [6.07, 6.45) is 6.99. The normalized spacial score (nSPS) is 14.3. The van der Waals surface area contributed by atoms with Gasteiger partial charge in [0.2, 0.25) is 17.6 Å². The van der Waals surface area contributed by atoms with Crippen molar-refractivity contribution in [2.45, 2.75) is 58.2 Å². The van der Waals surface area contributed by atoms with E-state index in [1.165, 1.54) is 16.1 Å². The van der Waals surface area contributed by atoms with Crippen LogP contribution in [0.1, 0.15) is 43.4 Å². The first-order chi connectivity index (χ1) is 15.6. The highest BCUT2D eigenvalue weighted by Crippen LogP contribution is 2.17. The van der Waals surface area contributed by atoms with Crippen LogP contribution in [0.15, 0.2) is 47.1 Å². The quantitative estimate of drug-likeness (QED) is 0.582. The van der Waals surface area contributed by atoms with Gasteiger partial charge >= 0.3 is 0 Å². The van der Waals surface area contributed by atoms with E-state index in [1.54, 1.807) is 18.4 Å². The number of aryl methyl sites for hydroxylation is 1. The lowest BCUT2D eigenvalue weighted by Crippen LogP contribution is -2.45. The van der Waals surface area contributed by atoms with Gasteiger partial charge < -0.3 is 14.6 Å². The summed E-state index contributed by atoms with van der Waals surface area (Å²) in [6, 6.07) is 11.5. The zero-order chi connectivity index (χ0) is 22.3. The molecule has 1 aliphatic carbocycles. The van der Waals surface area contributed by atoms with E-state index in [1.807, 2.05) is 31.2 Å². The molecule has 0 spiro atoms. The molecular formula is C23H28N6O3. The van der Waals surface area contributed by atoms with Crippen LogP contribution < -0.4 is 5.32 Å².